The number of carbonyl (C=O) groups is 5. The highest BCUT2D eigenvalue weighted by Gasteiger charge is 2.62. The summed E-state index contributed by atoms with van der Waals surface area (Å²) < 4.78 is 22.5. The molecule has 0 aromatic rings. The van der Waals surface area contributed by atoms with Crippen LogP contribution in [0.3, 0.4) is 0 Å². The number of esters is 2. The highest BCUT2D eigenvalue weighted by atomic mass is 32.2. The third-order valence-corrected chi connectivity index (χ3v) is 15.5. The van der Waals surface area contributed by atoms with Crippen LogP contribution in [0, 0.1) is 17.3 Å². The summed E-state index contributed by atoms with van der Waals surface area (Å²) >= 11 is 1.37. The van der Waals surface area contributed by atoms with Gasteiger partial charge in [0.05, 0.1) is 23.5 Å². The minimum Gasteiger partial charge on any atom is -0.445 e. The second kappa shape index (κ2) is 14.3. The van der Waals surface area contributed by atoms with Crippen LogP contribution in [0.5, 0.6) is 0 Å². The van der Waals surface area contributed by atoms with Crippen molar-refractivity contribution < 1.29 is 42.6 Å². The molecule has 6 atom stereocenters. The fourth-order valence-electron chi connectivity index (χ4n) is 5.80. The van der Waals surface area contributed by atoms with E-state index in [9.17, 15) is 24.0 Å². The molecular formula is C33H53N3O9SSi. The third kappa shape index (κ3) is 8.07. The first-order valence-corrected chi connectivity index (χ1v) is 19.9. The smallest absolute Gasteiger partial charge is 0.410 e. The highest BCUT2D eigenvalue weighted by Crippen LogP contribution is 2.53. The molecule has 3 rings (SSSR count). The number of thioether (sulfide) groups is 1. The van der Waals surface area contributed by atoms with Gasteiger partial charge in [0.2, 0.25) is 18.6 Å². The largest absolute Gasteiger partial charge is 0.445 e. The summed E-state index contributed by atoms with van der Waals surface area (Å²) in [6.45, 7) is 22.8. The Bertz CT molecular complexity index is 1300. The molecule has 0 spiro atoms. The van der Waals surface area contributed by atoms with Crippen LogP contribution in [0.15, 0.2) is 23.3 Å². The third-order valence-electron chi connectivity index (χ3n) is 9.41. The number of ether oxygens (including phenoxy) is 3. The summed E-state index contributed by atoms with van der Waals surface area (Å²) in [5.74, 6) is -2.53. The van der Waals surface area contributed by atoms with Crippen LogP contribution in [0.4, 0.5) is 4.79 Å². The fraction of sp³-hybridized carbons (Fsp3) is 0.727. The van der Waals surface area contributed by atoms with E-state index in [4.69, 9.17) is 18.6 Å². The molecule has 0 aromatic heterocycles. The van der Waals surface area contributed by atoms with E-state index in [1.807, 2.05) is 13.8 Å². The van der Waals surface area contributed by atoms with Crippen LogP contribution in [-0.4, -0.2) is 110 Å². The Hall–Kier alpha value is -2.84. The standard InChI is InChI=1S/C33H53N3O9SSi/c1-14-15-42-31(41)35-17-21(16-22(35)27(37)34(10)11)46-26-19(2)24-23(20(3)45-47(12,13)33(7,8)9)28(38)36(24)25(26)29(39)43-18-44-30(40)32(4,5)6/h14,19-24H,1,15-18H2,2-13H3/t19-,20-,21+,22+,23-,24-/m1/s1. The Morgan fingerprint density at radius 3 is 2.23 bits per heavy atom. The Morgan fingerprint density at radius 1 is 1.09 bits per heavy atom. The van der Waals surface area contributed by atoms with Crippen molar-refractivity contribution in [3.8, 4) is 0 Å². The normalized spacial score (nSPS) is 25.2. The van der Waals surface area contributed by atoms with Crippen molar-refractivity contribution in [2.75, 3.05) is 34.0 Å². The van der Waals surface area contributed by atoms with Crippen LogP contribution in [-0.2, 0) is 37.8 Å². The molecule has 264 valence electrons. The van der Waals surface area contributed by atoms with Gasteiger partial charge in [-0.05, 0) is 52.2 Å². The van der Waals surface area contributed by atoms with Gasteiger partial charge in [-0.1, -0.05) is 40.3 Å². The molecule has 0 aromatic carbocycles. The van der Waals surface area contributed by atoms with Gasteiger partial charge < -0.3 is 28.4 Å². The van der Waals surface area contributed by atoms with Crippen molar-refractivity contribution in [2.45, 2.75) is 103 Å². The lowest BCUT2D eigenvalue weighted by Crippen LogP contribution is -2.65. The van der Waals surface area contributed by atoms with Crippen molar-refractivity contribution in [3.05, 3.63) is 23.3 Å². The van der Waals surface area contributed by atoms with Crippen molar-refractivity contribution in [1.82, 2.24) is 14.7 Å². The van der Waals surface area contributed by atoms with Gasteiger partial charge in [0, 0.05) is 36.7 Å². The first-order valence-electron chi connectivity index (χ1n) is 16.1. The molecule has 14 heteroatoms. The number of likely N-dealkylation sites (N-methyl/N-ethyl adjacent to an activating group) is 1. The number of β-lactam (4-membered cyclic amide) rings is 1. The monoisotopic (exact) mass is 695 g/mol. The molecule has 2 fully saturated rings. The van der Waals surface area contributed by atoms with Crippen LogP contribution in [0.1, 0.15) is 61.8 Å². The van der Waals surface area contributed by atoms with E-state index in [1.54, 1.807) is 34.9 Å². The van der Waals surface area contributed by atoms with Gasteiger partial charge in [-0.15, -0.1) is 11.8 Å². The van der Waals surface area contributed by atoms with Gasteiger partial charge in [0.1, 0.15) is 18.3 Å². The lowest BCUT2D eigenvalue weighted by Gasteiger charge is -2.50. The molecule has 0 bridgehead atoms. The molecule has 3 amide bonds. The maximum Gasteiger partial charge on any atom is 0.410 e. The minimum atomic E-state index is -2.22. The molecule has 0 N–H and O–H groups in total. The quantitative estimate of drug-likeness (QED) is 0.0980. The molecule has 3 aliphatic rings. The number of nitrogens with zero attached hydrogens (tertiary/aromatic N) is 3. The summed E-state index contributed by atoms with van der Waals surface area (Å²) in [7, 11) is 1.04. The number of amides is 3. The first-order chi connectivity index (χ1) is 21.5. The van der Waals surface area contributed by atoms with E-state index < -0.39 is 50.5 Å². The average molecular weight is 696 g/mol. The van der Waals surface area contributed by atoms with Gasteiger partial charge in [-0.2, -0.15) is 0 Å². The number of carbonyl (C=O) groups excluding carboxylic acids is 5. The molecule has 3 heterocycles. The second-order valence-corrected chi connectivity index (χ2v) is 21.4. The summed E-state index contributed by atoms with van der Waals surface area (Å²) in [4.78, 5) is 70.8. The van der Waals surface area contributed by atoms with E-state index >= 15 is 0 Å². The molecular weight excluding hydrogens is 643 g/mol. The summed E-state index contributed by atoms with van der Waals surface area (Å²) in [6.07, 6.45) is 0.764. The first kappa shape index (κ1) is 38.6. The zero-order chi connectivity index (χ0) is 35.8. The van der Waals surface area contributed by atoms with Crippen molar-refractivity contribution in [1.29, 1.82) is 0 Å². The van der Waals surface area contributed by atoms with Gasteiger partial charge in [-0.25, -0.2) is 9.59 Å². The lowest BCUT2D eigenvalue weighted by atomic mass is 9.79. The molecule has 0 aliphatic carbocycles. The molecule has 0 radical (unpaired) electrons. The SMILES string of the molecule is C=CCOC(=O)N1C[C@@H](SC2=C(C(=O)OCOC(=O)C(C)(C)C)N3C(=O)[C@H]([C@@H](C)O[Si](C)(C)C(C)(C)C)[C@H]3[C@H]2C)C[C@H]1C(=O)N(C)C. The zero-order valence-corrected chi connectivity index (χ0v) is 31.8. The van der Waals surface area contributed by atoms with Gasteiger partial charge in [0.15, 0.2) is 8.32 Å². The predicted molar refractivity (Wildman–Crippen MR) is 181 cm³/mol. The maximum atomic E-state index is 13.8. The van der Waals surface area contributed by atoms with Crippen LogP contribution < -0.4 is 0 Å². The highest BCUT2D eigenvalue weighted by molar-refractivity contribution is 8.03. The number of likely N-dealkylation sites (tertiary alicyclic amines) is 1. The van der Waals surface area contributed by atoms with Crippen LogP contribution >= 0.6 is 11.8 Å². The number of hydrogen-bond donors (Lipinski definition) is 0. The van der Waals surface area contributed by atoms with E-state index in [-0.39, 0.29) is 59.0 Å². The van der Waals surface area contributed by atoms with Crippen LogP contribution in [0.2, 0.25) is 18.1 Å². The summed E-state index contributed by atoms with van der Waals surface area (Å²) in [6, 6.07) is -1.10. The predicted octanol–water partition coefficient (Wildman–Crippen LogP) is 4.76. The van der Waals surface area contributed by atoms with Gasteiger partial charge >= 0.3 is 18.0 Å². The average Bonchev–Trinajstić information content (AvgIpc) is 3.47. The van der Waals surface area contributed by atoms with Crippen LogP contribution in [0.25, 0.3) is 0 Å². The molecule has 3 aliphatic heterocycles. The van der Waals surface area contributed by atoms with E-state index in [0.717, 1.165) is 0 Å². The Labute approximate surface area is 284 Å². The van der Waals surface area contributed by atoms with Crippen molar-refractivity contribution in [2.24, 2.45) is 17.3 Å². The minimum absolute atomic E-state index is 0.00323. The number of fused-ring (bicyclic) bond motifs is 1. The van der Waals surface area contributed by atoms with Crippen molar-refractivity contribution in [3.63, 3.8) is 0 Å². The topological polar surface area (TPSA) is 132 Å². The Morgan fingerprint density at radius 2 is 1.70 bits per heavy atom. The van der Waals surface area contributed by atoms with E-state index in [1.165, 1.54) is 32.5 Å². The lowest BCUT2D eigenvalue weighted by molar-refractivity contribution is -0.175. The Balaban J connectivity index is 1.93. The number of rotatable bonds is 11. The number of hydrogen-bond acceptors (Lipinski definition) is 10. The van der Waals surface area contributed by atoms with Crippen molar-refractivity contribution >= 4 is 49.9 Å². The van der Waals surface area contributed by atoms with E-state index in [2.05, 4.69) is 40.4 Å². The van der Waals surface area contributed by atoms with Gasteiger partial charge in [0.25, 0.3) is 0 Å². The summed E-state index contributed by atoms with van der Waals surface area (Å²) in [5, 5.41) is -0.345. The summed E-state index contributed by atoms with van der Waals surface area (Å²) in [5.41, 5.74) is -0.689. The maximum absolute atomic E-state index is 13.8. The second-order valence-electron chi connectivity index (χ2n) is 15.3. The fourth-order valence-corrected chi connectivity index (χ4v) is 8.75. The molecule has 47 heavy (non-hydrogen) atoms. The molecule has 0 unspecified atom stereocenters. The zero-order valence-electron chi connectivity index (χ0n) is 30.0. The van der Waals surface area contributed by atoms with Gasteiger partial charge in [-0.3, -0.25) is 19.3 Å². The van der Waals surface area contributed by atoms with E-state index in [0.29, 0.717) is 11.3 Å². The molecule has 2 saturated heterocycles. The molecule has 0 saturated carbocycles. The molecule has 12 nitrogen and oxygen atoms in total. The Kier molecular flexibility index (Phi) is 11.8.